The van der Waals surface area contributed by atoms with Crippen LogP contribution in [0.2, 0.25) is 5.02 Å². The van der Waals surface area contributed by atoms with Crippen molar-refractivity contribution in [3.05, 3.63) is 47.2 Å². The molecule has 4 nitrogen and oxygen atoms in total. The normalized spacial score (nSPS) is 11.4. The van der Waals surface area contributed by atoms with Crippen LogP contribution < -0.4 is 5.46 Å². The van der Waals surface area contributed by atoms with Crippen molar-refractivity contribution in [2.24, 2.45) is 4.99 Å². The van der Waals surface area contributed by atoms with Crippen LogP contribution in [0.4, 0.5) is 5.69 Å². The second kappa shape index (κ2) is 5.02. The summed E-state index contributed by atoms with van der Waals surface area (Å²) in [4.78, 5) is 11.4. The Morgan fingerprint density at radius 2 is 2.15 bits per heavy atom. The summed E-state index contributed by atoms with van der Waals surface area (Å²) in [5, 5.41) is 10.3. The molecular weight excluding hydrogens is 272 g/mol. The lowest BCUT2D eigenvalue weighted by Crippen LogP contribution is -2.04. The number of halogens is 1. The first-order chi connectivity index (χ1) is 9.63. The van der Waals surface area contributed by atoms with E-state index in [4.69, 9.17) is 19.4 Å². The molecule has 3 rings (SSSR count). The van der Waals surface area contributed by atoms with Crippen LogP contribution in [-0.2, 0) is 0 Å². The Kier molecular flexibility index (Phi) is 3.20. The maximum Gasteiger partial charge on any atom is 0.119 e. The van der Waals surface area contributed by atoms with Gasteiger partial charge in [0.15, 0.2) is 0 Å². The van der Waals surface area contributed by atoms with Gasteiger partial charge in [-0.3, -0.25) is 4.99 Å². The summed E-state index contributed by atoms with van der Waals surface area (Å²) in [6, 6.07) is 8.66. The monoisotopic (exact) mass is 281 g/mol. The maximum atomic E-state index is 9.85. The average Bonchev–Trinajstić information content (AvgIpc) is 2.88. The van der Waals surface area contributed by atoms with Crippen molar-refractivity contribution >= 4 is 47.8 Å². The van der Waals surface area contributed by atoms with Gasteiger partial charge in [0, 0.05) is 16.8 Å². The third-order valence-corrected chi connectivity index (χ3v) is 3.11. The molecule has 0 aliphatic carbocycles. The fraction of sp³-hybridized carbons (Fsp3) is 0. The fourth-order valence-electron chi connectivity index (χ4n) is 1.89. The van der Waals surface area contributed by atoms with E-state index in [-0.39, 0.29) is 11.2 Å². The van der Waals surface area contributed by atoms with Crippen LogP contribution in [0.5, 0.6) is 5.75 Å². The lowest BCUT2D eigenvalue weighted by molar-refractivity contribution is 0.479. The Bertz CT molecular complexity index is 813. The van der Waals surface area contributed by atoms with Gasteiger partial charge in [-0.05, 0) is 30.3 Å². The number of fused-ring (bicyclic) bond motifs is 1. The Hall–Kier alpha value is -2.27. The molecule has 6 heteroatoms. The van der Waals surface area contributed by atoms with E-state index in [9.17, 15) is 5.11 Å². The largest absolute Gasteiger partial charge is 0.508 e. The highest BCUT2D eigenvalue weighted by molar-refractivity contribution is 6.38. The molecule has 0 fully saturated rings. The van der Waals surface area contributed by atoms with Gasteiger partial charge in [-0.2, -0.15) is 0 Å². The fourth-order valence-corrected chi connectivity index (χ4v) is 2.12. The summed E-state index contributed by atoms with van der Waals surface area (Å²) in [5.41, 5.74) is 3.20. The zero-order valence-corrected chi connectivity index (χ0v) is 11.1. The smallest absolute Gasteiger partial charge is 0.119 e. The molecule has 2 aromatic carbocycles. The highest BCUT2D eigenvalue weighted by atomic mass is 35.5. The Labute approximate surface area is 121 Å². The number of hydrogen-bond acceptors (Lipinski definition) is 3. The zero-order valence-electron chi connectivity index (χ0n) is 10.3. The van der Waals surface area contributed by atoms with Gasteiger partial charge in [-0.1, -0.05) is 17.1 Å². The average molecular weight is 282 g/mol. The lowest BCUT2D eigenvalue weighted by atomic mass is 9.93. The Morgan fingerprint density at radius 1 is 1.30 bits per heavy atom. The van der Waals surface area contributed by atoms with Crippen LogP contribution in [0, 0.1) is 0 Å². The van der Waals surface area contributed by atoms with Crippen molar-refractivity contribution in [3.63, 3.8) is 0 Å². The number of aromatic amines is 1. The molecule has 1 heterocycles. The number of rotatable bonds is 2. The number of benzene rings is 2. The number of aliphatic imine (C=N–C) groups is 1. The number of aromatic hydroxyl groups is 1. The molecule has 96 valence electrons. The molecule has 0 spiro atoms. The number of hydrogen-bond donors (Lipinski definition) is 2. The zero-order chi connectivity index (χ0) is 14.1. The first-order valence-electron chi connectivity index (χ1n) is 5.88. The van der Waals surface area contributed by atoms with Crippen LogP contribution in [-0.4, -0.2) is 29.1 Å². The first kappa shape index (κ1) is 12.8. The summed E-state index contributed by atoms with van der Waals surface area (Å²) in [6.45, 7) is 0. The molecule has 0 amide bonds. The number of nitrogens with one attached hydrogen (secondary N) is 1. The second-order valence-corrected chi connectivity index (χ2v) is 4.73. The molecule has 0 aliphatic rings. The highest BCUT2D eigenvalue weighted by Gasteiger charge is 2.04. The van der Waals surface area contributed by atoms with E-state index in [1.54, 1.807) is 12.4 Å². The van der Waals surface area contributed by atoms with Gasteiger partial charge in [0.1, 0.15) is 13.6 Å². The molecule has 0 saturated carbocycles. The summed E-state index contributed by atoms with van der Waals surface area (Å²) < 4.78 is 0. The van der Waals surface area contributed by atoms with Crippen LogP contribution >= 0.6 is 11.6 Å². The molecule has 2 radical (unpaired) electrons. The number of H-pyrrole nitrogens is 1. The van der Waals surface area contributed by atoms with Gasteiger partial charge in [-0.15, -0.1) is 0 Å². The molecule has 3 aromatic rings. The Balaban J connectivity index is 1.97. The van der Waals surface area contributed by atoms with Crippen molar-refractivity contribution in [2.75, 3.05) is 0 Å². The van der Waals surface area contributed by atoms with Gasteiger partial charge in [-0.25, -0.2) is 4.98 Å². The molecule has 2 N–H and O–H groups in total. The molecule has 0 saturated heterocycles. The lowest BCUT2D eigenvalue weighted by Gasteiger charge is -2.04. The Morgan fingerprint density at radius 3 is 3.00 bits per heavy atom. The van der Waals surface area contributed by atoms with Crippen molar-refractivity contribution < 1.29 is 5.11 Å². The topological polar surface area (TPSA) is 61.3 Å². The predicted molar refractivity (Wildman–Crippen MR) is 81.9 cm³/mol. The number of nitrogens with zero attached hydrogens (tertiary/aromatic N) is 2. The van der Waals surface area contributed by atoms with Crippen LogP contribution in [0.15, 0.2) is 41.7 Å². The third-order valence-electron chi connectivity index (χ3n) is 2.89. The highest BCUT2D eigenvalue weighted by Crippen LogP contribution is 2.21. The van der Waals surface area contributed by atoms with Crippen LogP contribution in [0.25, 0.3) is 11.0 Å². The minimum Gasteiger partial charge on any atom is -0.508 e. The minimum atomic E-state index is -0.0271. The number of phenolic OH excluding ortho intramolecular Hbond substituents is 1. The van der Waals surface area contributed by atoms with Crippen LogP contribution in [0.3, 0.4) is 0 Å². The minimum absolute atomic E-state index is 0.0271. The molecular formula is C14H9BClN3O. The van der Waals surface area contributed by atoms with E-state index >= 15 is 0 Å². The van der Waals surface area contributed by atoms with E-state index in [0.29, 0.717) is 10.6 Å². The third kappa shape index (κ3) is 2.40. The van der Waals surface area contributed by atoms with Crippen molar-refractivity contribution in [3.8, 4) is 5.75 Å². The molecule has 20 heavy (non-hydrogen) atoms. The first-order valence-corrected chi connectivity index (χ1v) is 6.26. The summed E-state index contributed by atoms with van der Waals surface area (Å²) in [7, 11) is 5.64. The van der Waals surface area contributed by atoms with E-state index in [2.05, 4.69) is 15.0 Å². The SMILES string of the molecule is [B]c1cc(Cl)cc(C=Nc2ccc3nc[nH]c3c2)c1O. The van der Waals surface area contributed by atoms with Gasteiger partial charge >= 0.3 is 0 Å². The quantitative estimate of drug-likeness (QED) is 0.560. The van der Waals surface area contributed by atoms with E-state index in [1.807, 2.05) is 18.2 Å². The number of imidazole rings is 1. The molecule has 0 bridgehead atoms. The van der Waals surface area contributed by atoms with Crippen molar-refractivity contribution in [1.82, 2.24) is 9.97 Å². The van der Waals surface area contributed by atoms with Gasteiger partial charge in [0.25, 0.3) is 0 Å². The maximum absolute atomic E-state index is 9.85. The second-order valence-electron chi connectivity index (χ2n) is 4.30. The van der Waals surface area contributed by atoms with Crippen molar-refractivity contribution in [2.45, 2.75) is 0 Å². The molecule has 0 aliphatic heterocycles. The van der Waals surface area contributed by atoms with E-state index in [1.165, 1.54) is 12.3 Å². The summed E-state index contributed by atoms with van der Waals surface area (Å²) in [6.07, 6.45) is 3.15. The molecule has 0 unspecified atom stereocenters. The molecule has 1 aromatic heterocycles. The predicted octanol–water partition coefficient (Wildman–Crippen LogP) is 2.47. The van der Waals surface area contributed by atoms with Crippen molar-refractivity contribution in [1.29, 1.82) is 0 Å². The standard InChI is InChI=1S/C14H9BClN3O/c15-11-4-9(16)3-8(14(11)20)6-17-10-1-2-12-13(5-10)19-7-18-12/h1-7,20H,(H,18,19). The molecule has 0 atom stereocenters. The van der Waals surface area contributed by atoms with Gasteiger partial charge in [0.05, 0.1) is 23.0 Å². The van der Waals surface area contributed by atoms with Crippen LogP contribution in [0.1, 0.15) is 5.56 Å². The summed E-state index contributed by atoms with van der Waals surface area (Å²) in [5.74, 6) is -0.0271. The number of aromatic nitrogens is 2. The van der Waals surface area contributed by atoms with E-state index in [0.717, 1.165) is 16.7 Å². The van der Waals surface area contributed by atoms with Gasteiger partial charge in [0.2, 0.25) is 0 Å². The number of phenols is 1. The van der Waals surface area contributed by atoms with Gasteiger partial charge < -0.3 is 10.1 Å². The summed E-state index contributed by atoms with van der Waals surface area (Å²) >= 11 is 5.90. The van der Waals surface area contributed by atoms with E-state index < -0.39 is 0 Å².